The molecule has 0 saturated carbocycles. The van der Waals surface area contributed by atoms with E-state index in [0.717, 1.165) is 19.5 Å². The number of unbranched alkanes of at least 4 members (excludes halogenated alkanes) is 5. The Morgan fingerprint density at radius 3 is 2.83 bits per heavy atom. The number of allylic oxidation sites excluding steroid dienone is 2. The van der Waals surface area contributed by atoms with Gasteiger partial charge in [0.15, 0.2) is 0 Å². The summed E-state index contributed by atoms with van der Waals surface area (Å²) in [4.78, 5) is 6.73. The van der Waals surface area contributed by atoms with Crippen LogP contribution in [0.2, 0.25) is 0 Å². The van der Waals surface area contributed by atoms with Crippen molar-refractivity contribution in [3.63, 3.8) is 0 Å². The second-order valence-corrected chi connectivity index (χ2v) is 4.94. The Bertz CT molecular complexity index is 251. The van der Waals surface area contributed by atoms with Gasteiger partial charge < -0.3 is 5.11 Å². The molecule has 0 aromatic carbocycles. The van der Waals surface area contributed by atoms with Gasteiger partial charge in [-0.25, -0.2) is 0 Å². The van der Waals surface area contributed by atoms with E-state index in [-0.39, 0.29) is 6.61 Å². The van der Waals surface area contributed by atoms with E-state index in [4.69, 9.17) is 5.11 Å². The van der Waals surface area contributed by atoms with Crippen molar-refractivity contribution in [3.8, 4) is 0 Å². The Morgan fingerprint density at radius 2 is 2.06 bits per heavy atom. The average molecular weight is 252 g/mol. The third kappa shape index (κ3) is 6.31. The van der Waals surface area contributed by atoms with E-state index in [1.807, 2.05) is 6.21 Å². The second kappa shape index (κ2) is 10.3. The number of rotatable bonds is 10. The highest BCUT2D eigenvalue weighted by atomic mass is 16.3. The molecular formula is C15H28N2O. The first-order valence-electron chi connectivity index (χ1n) is 7.36. The Morgan fingerprint density at radius 1 is 1.28 bits per heavy atom. The zero-order valence-electron chi connectivity index (χ0n) is 11.7. The molecule has 1 aliphatic rings. The van der Waals surface area contributed by atoms with E-state index in [1.165, 1.54) is 38.5 Å². The normalized spacial score (nSPS) is 20.2. The summed E-state index contributed by atoms with van der Waals surface area (Å²) in [5, 5.41) is 8.95. The van der Waals surface area contributed by atoms with Crippen molar-refractivity contribution in [1.82, 2.24) is 4.90 Å². The summed E-state index contributed by atoms with van der Waals surface area (Å²) in [6, 6.07) is 0. The van der Waals surface area contributed by atoms with Gasteiger partial charge in [0.05, 0.1) is 6.61 Å². The molecule has 1 aliphatic heterocycles. The van der Waals surface area contributed by atoms with Gasteiger partial charge in [0.2, 0.25) is 0 Å². The number of nitrogens with zero attached hydrogens (tertiary/aromatic N) is 2. The van der Waals surface area contributed by atoms with Gasteiger partial charge in [0.1, 0.15) is 6.17 Å². The van der Waals surface area contributed by atoms with Gasteiger partial charge in [0.25, 0.3) is 0 Å². The van der Waals surface area contributed by atoms with Gasteiger partial charge in [-0.15, -0.1) is 0 Å². The van der Waals surface area contributed by atoms with Crippen LogP contribution in [-0.2, 0) is 0 Å². The molecular weight excluding hydrogens is 224 g/mol. The highest BCUT2D eigenvalue weighted by Gasteiger charge is 2.19. The van der Waals surface area contributed by atoms with Gasteiger partial charge in [-0.1, -0.05) is 31.4 Å². The quantitative estimate of drug-likeness (QED) is 0.479. The third-order valence-electron chi connectivity index (χ3n) is 3.47. The largest absolute Gasteiger partial charge is 0.395 e. The molecule has 104 valence electrons. The van der Waals surface area contributed by atoms with Crippen LogP contribution in [0.3, 0.4) is 0 Å². The summed E-state index contributed by atoms with van der Waals surface area (Å²) in [6.45, 7) is 3.99. The fourth-order valence-electron chi connectivity index (χ4n) is 2.40. The molecule has 1 N–H and O–H groups in total. The molecule has 0 amide bonds. The summed E-state index contributed by atoms with van der Waals surface area (Å²) < 4.78 is 0. The van der Waals surface area contributed by atoms with Gasteiger partial charge in [-0.05, 0) is 32.6 Å². The minimum Gasteiger partial charge on any atom is -0.395 e. The first-order valence-corrected chi connectivity index (χ1v) is 7.36. The van der Waals surface area contributed by atoms with Crippen molar-refractivity contribution in [2.45, 2.75) is 58.0 Å². The zero-order valence-corrected chi connectivity index (χ0v) is 11.7. The SMILES string of the molecule is C/C=C/CCCCCCCC1N=CCN1CCO. The summed E-state index contributed by atoms with van der Waals surface area (Å²) >= 11 is 0. The van der Waals surface area contributed by atoms with Crippen molar-refractivity contribution in [2.75, 3.05) is 19.7 Å². The Balaban J connectivity index is 1.95. The molecule has 0 spiro atoms. The van der Waals surface area contributed by atoms with Gasteiger partial charge in [-0.2, -0.15) is 0 Å². The van der Waals surface area contributed by atoms with Crippen LogP contribution in [0.25, 0.3) is 0 Å². The van der Waals surface area contributed by atoms with Crippen molar-refractivity contribution in [1.29, 1.82) is 0 Å². The van der Waals surface area contributed by atoms with Crippen LogP contribution in [0.4, 0.5) is 0 Å². The molecule has 0 bridgehead atoms. The maximum absolute atomic E-state index is 8.95. The summed E-state index contributed by atoms with van der Waals surface area (Å²) in [7, 11) is 0. The zero-order chi connectivity index (χ0) is 13.1. The Hall–Kier alpha value is -0.670. The molecule has 0 aliphatic carbocycles. The minimum atomic E-state index is 0.241. The number of aliphatic imine (C=N–C) groups is 1. The predicted molar refractivity (Wildman–Crippen MR) is 78.1 cm³/mol. The fourth-order valence-corrected chi connectivity index (χ4v) is 2.40. The number of β-amino-alcohol motifs (C(OH)–C–C–N with tert-alkyl or cyclic N) is 1. The highest BCUT2D eigenvalue weighted by molar-refractivity contribution is 5.62. The predicted octanol–water partition coefficient (Wildman–Crippen LogP) is 3.00. The lowest BCUT2D eigenvalue weighted by Crippen LogP contribution is -2.32. The number of aliphatic hydroxyl groups excluding tert-OH is 1. The molecule has 0 aromatic heterocycles. The van der Waals surface area contributed by atoms with E-state index in [0.29, 0.717) is 6.17 Å². The smallest absolute Gasteiger partial charge is 0.102 e. The van der Waals surface area contributed by atoms with Gasteiger partial charge in [-0.3, -0.25) is 9.89 Å². The maximum Gasteiger partial charge on any atom is 0.102 e. The minimum absolute atomic E-state index is 0.241. The van der Waals surface area contributed by atoms with E-state index in [1.54, 1.807) is 0 Å². The van der Waals surface area contributed by atoms with E-state index in [9.17, 15) is 0 Å². The van der Waals surface area contributed by atoms with Crippen LogP contribution in [0.1, 0.15) is 51.9 Å². The fraction of sp³-hybridized carbons (Fsp3) is 0.800. The molecule has 3 heteroatoms. The van der Waals surface area contributed by atoms with Crippen molar-refractivity contribution < 1.29 is 5.11 Å². The number of hydrogen-bond donors (Lipinski definition) is 1. The summed E-state index contributed by atoms with van der Waals surface area (Å²) in [5.74, 6) is 0. The maximum atomic E-state index is 8.95. The lowest BCUT2D eigenvalue weighted by molar-refractivity contribution is 0.176. The molecule has 1 heterocycles. The van der Waals surface area contributed by atoms with Crippen molar-refractivity contribution in [3.05, 3.63) is 12.2 Å². The molecule has 3 nitrogen and oxygen atoms in total. The van der Waals surface area contributed by atoms with Crippen LogP contribution in [-0.4, -0.2) is 42.1 Å². The molecule has 0 aromatic rings. The van der Waals surface area contributed by atoms with Gasteiger partial charge in [0, 0.05) is 19.3 Å². The van der Waals surface area contributed by atoms with E-state index in [2.05, 4.69) is 29.0 Å². The highest BCUT2D eigenvalue weighted by Crippen LogP contribution is 2.15. The Labute approximate surface area is 112 Å². The average Bonchev–Trinajstić information content (AvgIpc) is 2.81. The van der Waals surface area contributed by atoms with Crippen LogP contribution in [0, 0.1) is 0 Å². The Kier molecular flexibility index (Phi) is 8.78. The molecule has 18 heavy (non-hydrogen) atoms. The van der Waals surface area contributed by atoms with Gasteiger partial charge >= 0.3 is 0 Å². The van der Waals surface area contributed by atoms with Crippen LogP contribution >= 0.6 is 0 Å². The van der Waals surface area contributed by atoms with Crippen LogP contribution < -0.4 is 0 Å². The van der Waals surface area contributed by atoms with Crippen LogP contribution in [0.5, 0.6) is 0 Å². The number of aliphatic hydroxyl groups is 1. The standard InChI is InChI=1S/C15H28N2O/c1-2-3-4-5-6-7-8-9-10-15-16-11-12-17(15)13-14-18/h2-3,11,15,18H,4-10,12-14H2,1H3/b3-2+. The first kappa shape index (κ1) is 15.4. The lowest BCUT2D eigenvalue weighted by Gasteiger charge is -2.21. The second-order valence-electron chi connectivity index (χ2n) is 4.94. The molecule has 0 fully saturated rings. The molecule has 1 rings (SSSR count). The first-order chi connectivity index (χ1) is 8.88. The lowest BCUT2D eigenvalue weighted by atomic mass is 10.1. The summed E-state index contributed by atoms with van der Waals surface area (Å²) in [6.07, 6.45) is 15.7. The monoisotopic (exact) mass is 252 g/mol. The van der Waals surface area contributed by atoms with E-state index < -0.39 is 0 Å². The molecule has 1 atom stereocenters. The van der Waals surface area contributed by atoms with Crippen LogP contribution in [0.15, 0.2) is 17.1 Å². The molecule has 1 unspecified atom stereocenters. The van der Waals surface area contributed by atoms with Crippen molar-refractivity contribution >= 4 is 6.21 Å². The van der Waals surface area contributed by atoms with E-state index >= 15 is 0 Å². The topological polar surface area (TPSA) is 35.8 Å². The number of hydrogen-bond acceptors (Lipinski definition) is 3. The molecule has 0 saturated heterocycles. The van der Waals surface area contributed by atoms with Crippen molar-refractivity contribution in [2.24, 2.45) is 4.99 Å². The summed E-state index contributed by atoms with van der Waals surface area (Å²) in [5.41, 5.74) is 0. The molecule has 0 radical (unpaired) electrons. The third-order valence-corrected chi connectivity index (χ3v) is 3.47.